The SMILES string of the molecule is CC(C)(NC(=O)[C@H]1CC2CCC1(NC(=O)[C@@H]1CCCN1)CC2)C(=O)O. The number of fused-ring (bicyclic) bond motifs is 3. The van der Waals surface area contributed by atoms with Crippen LogP contribution in [0.1, 0.15) is 58.8 Å². The van der Waals surface area contributed by atoms with Crippen LogP contribution < -0.4 is 16.0 Å². The average Bonchev–Trinajstić information content (AvgIpc) is 3.09. The predicted octanol–water partition coefficient (Wildman–Crippen LogP) is 0.783. The molecule has 7 nitrogen and oxygen atoms in total. The van der Waals surface area contributed by atoms with Gasteiger partial charge in [0.1, 0.15) is 5.54 Å². The summed E-state index contributed by atoms with van der Waals surface area (Å²) in [5.74, 6) is -1.20. The molecule has 2 atom stereocenters. The van der Waals surface area contributed by atoms with Gasteiger partial charge in [-0.25, -0.2) is 4.79 Å². The van der Waals surface area contributed by atoms with Gasteiger partial charge >= 0.3 is 5.97 Å². The van der Waals surface area contributed by atoms with Crippen LogP contribution in [0.25, 0.3) is 0 Å². The van der Waals surface area contributed by atoms with Gasteiger partial charge in [-0.2, -0.15) is 0 Å². The van der Waals surface area contributed by atoms with Crippen molar-refractivity contribution in [2.75, 3.05) is 6.54 Å². The maximum Gasteiger partial charge on any atom is 0.328 e. The Morgan fingerprint density at radius 2 is 1.80 bits per heavy atom. The van der Waals surface area contributed by atoms with Gasteiger partial charge in [0.05, 0.1) is 17.5 Å². The number of rotatable bonds is 5. The second-order valence-corrected chi connectivity index (χ2v) is 8.45. The molecule has 1 heterocycles. The first kappa shape index (κ1) is 18.2. The Labute approximate surface area is 148 Å². The van der Waals surface area contributed by atoms with E-state index in [1.807, 2.05) is 0 Å². The summed E-state index contributed by atoms with van der Waals surface area (Å²) in [6, 6.07) is -0.173. The Morgan fingerprint density at radius 1 is 1.12 bits per heavy atom. The fraction of sp³-hybridized carbons (Fsp3) is 0.833. The Hall–Kier alpha value is -1.63. The molecular weight excluding hydrogens is 322 g/mol. The van der Waals surface area contributed by atoms with Crippen molar-refractivity contribution in [1.29, 1.82) is 0 Å². The Kier molecular flexibility index (Phi) is 4.79. The summed E-state index contributed by atoms with van der Waals surface area (Å²) in [7, 11) is 0. The molecule has 2 amide bonds. The second kappa shape index (κ2) is 6.59. The number of carboxylic acids is 1. The monoisotopic (exact) mass is 351 g/mol. The van der Waals surface area contributed by atoms with Crippen molar-refractivity contribution in [3.63, 3.8) is 0 Å². The van der Waals surface area contributed by atoms with E-state index in [0.717, 1.165) is 51.5 Å². The van der Waals surface area contributed by atoms with Crippen LogP contribution in [0.5, 0.6) is 0 Å². The molecule has 0 aromatic carbocycles. The number of aliphatic carboxylic acids is 1. The molecule has 7 heteroatoms. The number of carboxylic acid groups (broad SMARTS) is 1. The van der Waals surface area contributed by atoms with Crippen LogP contribution >= 0.6 is 0 Å². The zero-order valence-electron chi connectivity index (χ0n) is 15.1. The zero-order chi connectivity index (χ0) is 18.2. The first-order valence-electron chi connectivity index (χ1n) is 9.34. The van der Waals surface area contributed by atoms with Gasteiger partial charge in [0, 0.05) is 0 Å². The first-order chi connectivity index (χ1) is 11.7. The summed E-state index contributed by atoms with van der Waals surface area (Å²) >= 11 is 0. The van der Waals surface area contributed by atoms with Gasteiger partial charge in [-0.3, -0.25) is 9.59 Å². The lowest BCUT2D eigenvalue weighted by Crippen LogP contribution is -2.66. The normalized spacial score (nSPS) is 34.6. The van der Waals surface area contributed by atoms with Crippen LogP contribution in [0.2, 0.25) is 0 Å². The van der Waals surface area contributed by atoms with Gasteiger partial charge < -0.3 is 21.1 Å². The summed E-state index contributed by atoms with van der Waals surface area (Å²) in [4.78, 5) is 36.9. The minimum absolute atomic E-state index is 0.0202. The molecule has 140 valence electrons. The van der Waals surface area contributed by atoms with Crippen LogP contribution in [-0.2, 0) is 14.4 Å². The number of carbonyl (C=O) groups is 3. The quantitative estimate of drug-likeness (QED) is 0.586. The molecule has 4 N–H and O–H groups in total. The van der Waals surface area contributed by atoms with Crippen LogP contribution in [0.15, 0.2) is 0 Å². The number of amides is 2. The van der Waals surface area contributed by atoms with E-state index >= 15 is 0 Å². The molecule has 1 saturated heterocycles. The third kappa shape index (κ3) is 3.52. The van der Waals surface area contributed by atoms with Crippen molar-refractivity contribution in [3.8, 4) is 0 Å². The third-order valence-electron chi connectivity index (χ3n) is 6.27. The molecule has 4 rings (SSSR count). The molecule has 0 radical (unpaired) electrons. The van der Waals surface area contributed by atoms with Gasteiger partial charge in [-0.05, 0) is 71.3 Å². The topological polar surface area (TPSA) is 108 Å². The van der Waals surface area contributed by atoms with Crippen molar-refractivity contribution in [3.05, 3.63) is 0 Å². The lowest BCUT2D eigenvalue weighted by atomic mass is 9.59. The Balaban J connectivity index is 1.75. The minimum Gasteiger partial charge on any atom is -0.480 e. The Bertz CT molecular complexity index is 561. The van der Waals surface area contributed by atoms with E-state index in [9.17, 15) is 19.5 Å². The predicted molar refractivity (Wildman–Crippen MR) is 91.8 cm³/mol. The van der Waals surface area contributed by atoms with Gasteiger partial charge in [-0.1, -0.05) is 0 Å². The van der Waals surface area contributed by atoms with E-state index in [1.165, 1.54) is 13.8 Å². The molecule has 0 aromatic heterocycles. The molecule has 0 spiro atoms. The van der Waals surface area contributed by atoms with Gasteiger partial charge in [-0.15, -0.1) is 0 Å². The minimum atomic E-state index is -1.31. The fourth-order valence-corrected chi connectivity index (χ4v) is 4.60. The summed E-state index contributed by atoms with van der Waals surface area (Å²) in [5, 5.41) is 18.4. The summed E-state index contributed by atoms with van der Waals surface area (Å²) in [6.45, 7) is 3.83. The standard InChI is InChI=1S/C18H29N3O4/c1-17(2,16(24)25)20-14(22)12-10-11-5-7-18(12,8-6-11)21-15(23)13-4-3-9-19-13/h11-13,19H,3-10H2,1-2H3,(H,20,22)(H,21,23)(H,24,25)/t11?,12-,13+,18?/m1/s1. The molecule has 3 aliphatic carbocycles. The lowest BCUT2D eigenvalue weighted by molar-refractivity contribution is -0.149. The molecule has 4 fully saturated rings. The Morgan fingerprint density at radius 3 is 2.36 bits per heavy atom. The fourth-order valence-electron chi connectivity index (χ4n) is 4.60. The third-order valence-corrected chi connectivity index (χ3v) is 6.27. The molecule has 0 unspecified atom stereocenters. The van der Waals surface area contributed by atoms with E-state index < -0.39 is 17.0 Å². The van der Waals surface area contributed by atoms with E-state index in [2.05, 4.69) is 16.0 Å². The number of carbonyl (C=O) groups excluding carboxylic acids is 2. The molecular formula is C18H29N3O4. The molecule has 2 bridgehead atoms. The van der Waals surface area contributed by atoms with Crippen molar-refractivity contribution in [2.45, 2.75) is 75.9 Å². The van der Waals surface area contributed by atoms with E-state index in [4.69, 9.17) is 0 Å². The summed E-state index contributed by atoms with van der Waals surface area (Å²) in [5.41, 5.74) is -1.85. The van der Waals surface area contributed by atoms with Crippen LogP contribution in [0.3, 0.4) is 0 Å². The molecule has 3 saturated carbocycles. The number of hydrogen-bond acceptors (Lipinski definition) is 4. The van der Waals surface area contributed by atoms with Crippen molar-refractivity contribution in [2.24, 2.45) is 11.8 Å². The highest BCUT2D eigenvalue weighted by Gasteiger charge is 2.53. The largest absolute Gasteiger partial charge is 0.480 e. The molecule has 0 aromatic rings. The van der Waals surface area contributed by atoms with Gasteiger partial charge in [0.2, 0.25) is 11.8 Å². The van der Waals surface area contributed by atoms with E-state index in [1.54, 1.807) is 0 Å². The smallest absolute Gasteiger partial charge is 0.328 e. The highest BCUT2D eigenvalue weighted by Crippen LogP contribution is 2.48. The van der Waals surface area contributed by atoms with Crippen molar-refractivity contribution in [1.82, 2.24) is 16.0 Å². The van der Waals surface area contributed by atoms with Crippen LogP contribution in [0, 0.1) is 11.8 Å². The highest BCUT2D eigenvalue weighted by atomic mass is 16.4. The average molecular weight is 351 g/mol. The highest BCUT2D eigenvalue weighted by molar-refractivity contribution is 5.89. The molecule has 1 aliphatic heterocycles. The van der Waals surface area contributed by atoms with Crippen LogP contribution in [0.4, 0.5) is 0 Å². The molecule has 25 heavy (non-hydrogen) atoms. The summed E-state index contributed by atoms with van der Waals surface area (Å²) in [6.07, 6.45) is 6.16. The second-order valence-electron chi connectivity index (χ2n) is 8.45. The van der Waals surface area contributed by atoms with Crippen LogP contribution in [-0.4, -0.2) is 46.6 Å². The van der Waals surface area contributed by atoms with Crippen molar-refractivity contribution < 1.29 is 19.5 Å². The maximum absolute atomic E-state index is 12.9. The number of nitrogens with one attached hydrogen (secondary N) is 3. The molecule has 4 aliphatic rings. The zero-order valence-corrected chi connectivity index (χ0v) is 15.1. The van der Waals surface area contributed by atoms with Gasteiger partial charge in [0.25, 0.3) is 0 Å². The van der Waals surface area contributed by atoms with E-state index in [-0.39, 0.29) is 23.8 Å². The number of hydrogen-bond donors (Lipinski definition) is 4. The first-order valence-corrected chi connectivity index (χ1v) is 9.34. The van der Waals surface area contributed by atoms with E-state index in [0.29, 0.717) is 5.92 Å². The van der Waals surface area contributed by atoms with Crippen molar-refractivity contribution >= 4 is 17.8 Å². The lowest BCUT2D eigenvalue weighted by Gasteiger charge is -2.52. The maximum atomic E-state index is 12.9. The van der Waals surface area contributed by atoms with Gasteiger partial charge in [0.15, 0.2) is 0 Å². The summed E-state index contributed by atoms with van der Waals surface area (Å²) < 4.78 is 0.